The highest BCUT2D eigenvalue weighted by molar-refractivity contribution is 5.88. The topological polar surface area (TPSA) is 20.3 Å². The van der Waals surface area contributed by atoms with Gasteiger partial charge in [0.25, 0.3) is 0 Å². The third-order valence-electron chi connectivity index (χ3n) is 4.14. The molecule has 1 saturated heterocycles. The van der Waals surface area contributed by atoms with Crippen LogP contribution >= 0.6 is 0 Å². The van der Waals surface area contributed by atoms with Crippen molar-refractivity contribution in [3.05, 3.63) is 0 Å². The molecule has 0 radical (unpaired) electrons. The molecule has 0 aromatic carbocycles. The molecule has 4 aliphatic rings. The number of rotatable bonds is 0. The molecule has 3 saturated carbocycles. The number of fused-ring (bicyclic) bond motifs is 1. The first kappa shape index (κ1) is 7.07. The van der Waals surface area contributed by atoms with Gasteiger partial charge in [-0.2, -0.15) is 0 Å². The van der Waals surface area contributed by atoms with E-state index in [1.54, 1.807) is 0 Å². The Morgan fingerprint density at radius 2 is 2.25 bits per heavy atom. The molecule has 0 amide bonds. The molecular weight excluding hydrogens is 150 g/mol. The molecular formula is C10H15NO. The second-order valence-electron chi connectivity index (χ2n) is 4.72. The number of likely N-dealkylation sites (N-methyl/N-ethyl adjacent to an activating group) is 1. The second-order valence-corrected chi connectivity index (χ2v) is 4.72. The van der Waals surface area contributed by atoms with Crippen LogP contribution in [0.1, 0.15) is 19.3 Å². The van der Waals surface area contributed by atoms with Crippen molar-refractivity contribution in [2.75, 3.05) is 13.6 Å². The van der Waals surface area contributed by atoms with Gasteiger partial charge in [0.2, 0.25) is 0 Å². The smallest absolute Gasteiger partial charge is 0.153 e. The maximum atomic E-state index is 11.8. The van der Waals surface area contributed by atoms with Crippen molar-refractivity contribution in [3.8, 4) is 0 Å². The Balaban J connectivity index is 2.02. The summed E-state index contributed by atoms with van der Waals surface area (Å²) >= 11 is 0. The monoisotopic (exact) mass is 165 g/mol. The van der Waals surface area contributed by atoms with E-state index in [1.165, 1.54) is 25.8 Å². The van der Waals surface area contributed by atoms with Gasteiger partial charge in [-0.15, -0.1) is 0 Å². The van der Waals surface area contributed by atoms with E-state index in [4.69, 9.17) is 0 Å². The Hall–Kier alpha value is -0.370. The Morgan fingerprint density at radius 1 is 1.42 bits per heavy atom. The van der Waals surface area contributed by atoms with Gasteiger partial charge in [0.15, 0.2) is 5.78 Å². The predicted octanol–water partition coefficient (Wildman–Crippen LogP) is 0.916. The SMILES string of the molecule is CN1C[C@H]2C[C@H]3CC[C@H]2[C@H]1C3=O. The van der Waals surface area contributed by atoms with Crippen LogP contribution in [-0.2, 0) is 4.79 Å². The summed E-state index contributed by atoms with van der Waals surface area (Å²) in [6.07, 6.45) is 3.70. The van der Waals surface area contributed by atoms with Crippen LogP contribution < -0.4 is 0 Å². The van der Waals surface area contributed by atoms with Gasteiger partial charge in [0, 0.05) is 12.5 Å². The zero-order chi connectivity index (χ0) is 8.29. The van der Waals surface area contributed by atoms with E-state index in [0.717, 1.165) is 11.8 Å². The summed E-state index contributed by atoms with van der Waals surface area (Å²) in [5.41, 5.74) is 0. The largest absolute Gasteiger partial charge is 0.298 e. The Morgan fingerprint density at radius 3 is 3.00 bits per heavy atom. The molecule has 66 valence electrons. The molecule has 4 atom stereocenters. The van der Waals surface area contributed by atoms with Crippen LogP contribution in [0.2, 0.25) is 0 Å². The first-order valence-electron chi connectivity index (χ1n) is 5.01. The maximum Gasteiger partial charge on any atom is 0.153 e. The molecule has 1 aliphatic heterocycles. The van der Waals surface area contributed by atoms with Crippen LogP contribution in [0.3, 0.4) is 0 Å². The minimum atomic E-state index is 0.322. The molecule has 0 aromatic heterocycles. The van der Waals surface area contributed by atoms with Gasteiger partial charge in [-0.1, -0.05) is 0 Å². The minimum absolute atomic E-state index is 0.322. The van der Waals surface area contributed by atoms with E-state index in [9.17, 15) is 4.79 Å². The first-order chi connectivity index (χ1) is 5.77. The highest BCUT2D eigenvalue weighted by Crippen LogP contribution is 2.49. The van der Waals surface area contributed by atoms with E-state index in [2.05, 4.69) is 11.9 Å². The summed E-state index contributed by atoms with van der Waals surface area (Å²) in [7, 11) is 2.11. The van der Waals surface area contributed by atoms with Crippen LogP contribution in [0.15, 0.2) is 0 Å². The lowest BCUT2D eigenvalue weighted by Crippen LogP contribution is -2.48. The lowest BCUT2D eigenvalue weighted by atomic mass is 9.64. The molecule has 3 aliphatic carbocycles. The van der Waals surface area contributed by atoms with Crippen molar-refractivity contribution < 1.29 is 4.79 Å². The van der Waals surface area contributed by atoms with E-state index >= 15 is 0 Å². The average Bonchev–Trinajstić information content (AvgIpc) is 2.33. The quantitative estimate of drug-likeness (QED) is 0.532. The van der Waals surface area contributed by atoms with E-state index < -0.39 is 0 Å². The molecule has 12 heavy (non-hydrogen) atoms. The zero-order valence-electron chi connectivity index (χ0n) is 7.49. The van der Waals surface area contributed by atoms with Crippen molar-refractivity contribution in [2.24, 2.45) is 17.8 Å². The van der Waals surface area contributed by atoms with Gasteiger partial charge in [-0.05, 0) is 38.1 Å². The summed E-state index contributed by atoms with van der Waals surface area (Å²) < 4.78 is 0. The number of carbonyl (C=O) groups excluding carboxylic acids is 1. The molecule has 1 heterocycles. The Labute approximate surface area is 72.9 Å². The van der Waals surface area contributed by atoms with Crippen LogP contribution in [0, 0.1) is 17.8 Å². The van der Waals surface area contributed by atoms with Gasteiger partial charge >= 0.3 is 0 Å². The van der Waals surface area contributed by atoms with Crippen LogP contribution in [0.5, 0.6) is 0 Å². The summed E-state index contributed by atoms with van der Waals surface area (Å²) in [4.78, 5) is 14.1. The molecule has 0 aromatic rings. The normalized spacial score (nSPS) is 51.9. The molecule has 0 unspecified atom stereocenters. The molecule has 0 spiro atoms. The van der Waals surface area contributed by atoms with Gasteiger partial charge in [-0.3, -0.25) is 9.69 Å². The summed E-state index contributed by atoms with van der Waals surface area (Å²) in [6, 6.07) is 0.322. The fraction of sp³-hybridized carbons (Fsp3) is 0.900. The van der Waals surface area contributed by atoms with Crippen LogP contribution in [-0.4, -0.2) is 30.3 Å². The summed E-state index contributed by atoms with van der Waals surface area (Å²) in [5, 5.41) is 0. The van der Waals surface area contributed by atoms with Gasteiger partial charge in [0.1, 0.15) is 0 Å². The number of Topliss-reactive ketones (excluding diaryl/α,β-unsaturated/α-hetero) is 1. The molecule has 2 nitrogen and oxygen atoms in total. The van der Waals surface area contributed by atoms with E-state index in [0.29, 0.717) is 17.7 Å². The second kappa shape index (κ2) is 2.11. The standard InChI is InChI=1S/C10H15NO/c1-11-5-7-4-6-2-3-8(7)9(11)10(6)12/h6-9H,2-5H2,1H3/t6-,7-,8-,9+/m1/s1. The number of ketones is 1. The third-order valence-corrected chi connectivity index (χ3v) is 4.14. The lowest BCUT2D eigenvalue weighted by Gasteiger charge is -2.40. The van der Waals surface area contributed by atoms with Crippen molar-refractivity contribution >= 4 is 5.78 Å². The van der Waals surface area contributed by atoms with E-state index in [-0.39, 0.29) is 0 Å². The van der Waals surface area contributed by atoms with Crippen LogP contribution in [0.25, 0.3) is 0 Å². The maximum absolute atomic E-state index is 11.8. The molecule has 0 N–H and O–H groups in total. The van der Waals surface area contributed by atoms with Gasteiger partial charge < -0.3 is 0 Å². The first-order valence-corrected chi connectivity index (χ1v) is 5.01. The van der Waals surface area contributed by atoms with Gasteiger partial charge in [0.05, 0.1) is 6.04 Å². The number of carbonyl (C=O) groups is 1. The Bertz CT molecular complexity index is 238. The number of hydrogen-bond acceptors (Lipinski definition) is 2. The predicted molar refractivity (Wildman–Crippen MR) is 45.7 cm³/mol. The number of nitrogens with zero attached hydrogens (tertiary/aromatic N) is 1. The lowest BCUT2D eigenvalue weighted by molar-refractivity contribution is -0.134. The minimum Gasteiger partial charge on any atom is -0.298 e. The molecule has 4 rings (SSSR count). The summed E-state index contributed by atoms with van der Waals surface area (Å²) in [6.45, 7) is 1.18. The van der Waals surface area contributed by atoms with Crippen molar-refractivity contribution in [2.45, 2.75) is 25.3 Å². The zero-order valence-corrected chi connectivity index (χ0v) is 7.49. The van der Waals surface area contributed by atoms with Gasteiger partial charge in [-0.25, -0.2) is 0 Å². The molecule has 4 bridgehead atoms. The van der Waals surface area contributed by atoms with Crippen LogP contribution in [0.4, 0.5) is 0 Å². The fourth-order valence-corrected chi connectivity index (χ4v) is 3.65. The third kappa shape index (κ3) is 0.674. The Kier molecular flexibility index (Phi) is 1.24. The average molecular weight is 165 g/mol. The van der Waals surface area contributed by atoms with Crippen molar-refractivity contribution in [3.63, 3.8) is 0 Å². The molecule has 4 fully saturated rings. The number of hydrogen-bond donors (Lipinski definition) is 0. The fourth-order valence-electron chi connectivity index (χ4n) is 3.65. The highest BCUT2D eigenvalue weighted by atomic mass is 16.1. The van der Waals surface area contributed by atoms with Crippen molar-refractivity contribution in [1.82, 2.24) is 4.90 Å². The van der Waals surface area contributed by atoms with E-state index in [1.807, 2.05) is 0 Å². The number of likely N-dealkylation sites (tertiary alicyclic amines) is 1. The highest BCUT2D eigenvalue weighted by Gasteiger charge is 2.53. The van der Waals surface area contributed by atoms with Crippen molar-refractivity contribution in [1.29, 1.82) is 0 Å². The molecule has 2 heteroatoms. The summed E-state index contributed by atoms with van der Waals surface area (Å²) in [5.74, 6) is 2.58.